The summed E-state index contributed by atoms with van der Waals surface area (Å²) in [6.07, 6.45) is 1.58. The molecule has 0 atom stereocenters. The van der Waals surface area contributed by atoms with Crippen LogP contribution in [0.15, 0.2) is 42.5 Å². The van der Waals surface area contributed by atoms with Gasteiger partial charge in [-0.05, 0) is 48.7 Å². The Kier molecular flexibility index (Phi) is 4.51. The van der Waals surface area contributed by atoms with E-state index in [-0.39, 0.29) is 11.8 Å². The Morgan fingerprint density at radius 1 is 1.21 bits per heavy atom. The first-order chi connectivity index (χ1) is 11.5. The predicted octanol–water partition coefficient (Wildman–Crippen LogP) is 2.95. The highest BCUT2D eigenvalue weighted by Gasteiger charge is 2.19. The highest BCUT2D eigenvalue weighted by Crippen LogP contribution is 2.18. The second kappa shape index (κ2) is 6.74. The maximum absolute atomic E-state index is 12.4. The van der Waals surface area contributed by atoms with Crippen molar-refractivity contribution in [3.8, 4) is 0 Å². The van der Waals surface area contributed by atoms with E-state index in [0.29, 0.717) is 24.2 Å². The van der Waals surface area contributed by atoms with Gasteiger partial charge in [-0.15, -0.1) is 0 Å². The molecule has 1 fully saturated rings. The van der Waals surface area contributed by atoms with E-state index in [4.69, 9.17) is 5.73 Å². The monoisotopic (exact) mass is 323 g/mol. The number of hydrogen-bond acceptors (Lipinski definition) is 3. The summed E-state index contributed by atoms with van der Waals surface area (Å²) >= 11 is 0. The number of benzene rings is 2. The summed E-state index contributed by atoms with van der Waals surface area (Å²) < 4.78 is 0. The minimum atomic E-state index is -0.178. The van der Waals surface area contributed by atoms with Crippen LogP contribution in [0.1, 0.15) is 34.3 Å². The van der Waals surface area contributed by atoms with E-state index in [1.807, 2.05) is 42.2 Å². The van der Waals surface area contributed by atoms with E-state index >= 15 is 0 Å². The van der Waals surface area contributed by atoms with Gasteiger partial charge in [0.1, 0.15) is 0 Å². The lowest BCUT2D eigenvalue weighted by Gasteiger charge is -2.15. The number of likely N-dealkylation sites (tertiary alicyclic amines) is 1. The molecular formula is C19H21N3O2. The predicted molar refractivity (Wildman–Crippen MR) is 94.6 cm³/mol. The average molecular weight is 323 g/mol. The van der Waals surface area contributed by atoms with E-state index in [1.54, 1.807) is 12.1 Å². The van der Waals surface area contributed by atoms with Gasteiger partial charge in [0, 0.05) is 36.4 Å². The number of amides is 2. The second-order valence-corrected chi connectivity index (χ2v) is 6.14. The summed E-state index contributed by atoms with van der Waals surface area (Å²) in [7, 11) is 0. The maximum atomic E-state index is 12.4. The van der Waals surface area contributed by atoms with Crippen LogP contribution in [0.5, 0.6) is 0 Å². The van der Waals surface area contributed by atoms with Gasteiger partial charge in [-0.2, -0.15) is 0 Å². The minimum Gasteiger partial charge on any atom is -0.399 e. The highest BCUT2D eigenvalue weighted by atomic mass is 16.2. The van der Waals surface area contributed by atoms with Gasteiger partial charge in [-0.1, -0.05) is 18.2 Å². The molecule has 1 aliphatic rings. The van der Waals surface area contributed by atoms with E-state index < -0.39 is 0 Å². The number of hydrogen-bond donors (Lipinski definition) is 2. The molecule has 2 amide bonds. The number of nitrogen functional groups attached to an aromatic ring is 1. The third kappa shape index (κ3) is 3.56. The third-order valence-electron chi connectivity index (χ3n) is 4.26. The summed E-state index contributed by atoms with van der Waals surface area (Å²) in [5.74, 6) is 0.0341. The van der Waals surface area contributed by atoms with Crippen molar-refractivity contribution >= 4 is 23.2 Å². The molecule has 2 aromatic rings. The molecule has 3 rings (SSSR count). The Labute approximate surface area is 141 Å². The molecule has 0 bridgehead atoms. The van der Waals surface area contributed by atoms with Crippen LogP contribution >= 0.6 is 0 Å². The number of anilines is 2. The van der Waals surface area contributed by atoms with Crippen LogP contribution in [-0.2, 0) is 11.3 Å². The Bertz CT molecular complexity index is 769. The van der Waals surface area contributed by atoms with Crippen LogP contribution in [0.4, 0.5) is 11.4 Å². The molecule has 0 unspecified atom stereocenters. The number of nitrogens with one attached hydrogen (secondary N) is 1. The van der Waals surface area contributed by atoms with Crippen molar-refractivity contribution in [3.63, 3.8) is 0 Å². The molecule has 0 aromatic heterocycles. The van der Waals surface area contributed by atoms with Crippen molar-refractivity contribution in [2.75, 3.05) is 17.6 Å². The van der Waals surface area contributed by atoms with Crippen molar-refractivity contribution in [3.05, 3.63) is 59.2 Å². The smallest absolute Gasteiger partial charge is 0.256 e. The van der Waals surface area contributed by atoms with Crippen molar-refractivity contribution < 1.29 is 9.59 Å². The first-order valence-electron chi connectivity index (χ1n) is 8.07. The Morgan fingerprint density at radius 2 is 1.96 bits per heavy atom. The van der Waals surface area contributed by atoms with Gasteiger partial charge in [0.2, 0.25) is 5.91 Å². The Balaban J connectivity index is 1.66. The fourth-order valence-corrected chi connectivity index (χ4v) is 2.87. The van der Waals surface area contributed by atoms with Gasteiger partial charge >= 0.3 is 0 Å². The van der Waals surface area contributed by atoms with Gasteiger partial charge < -0.3 is 16.0 Å². The molecule has 0 spiro atoms. The van der Waals surface area contributed by atoms with Crippen LogP contribution in [0.25, 0.3) is 0 Å². The van der Waals surface area contributed by atoms with Gasteiger partial charge in [0.15, 0.2) is 0 Å². The Morgan fingerprint density at radius 3 is 2.62 bits per heavy atom. The fourth-order valence-electron chi connectivity index (χ4n) is 2.87. The molecule has 0 radical (unpaired) electrons. The summed E-state index contributed by atoms with van der Waals surface area (Å²) in [6.45, 7) is 3.33. The van der Waals surface area contributed by atoms with E-state index in [0.717, 1.165) is 29.8 Å². The molecule has 3 N–H and O–H groups in total. The number of rotatable bonds is 4. The first-order valence-corrected chi connectivity index (χ1v) is 8.07. The van der Waals surface area contributed by atoms with Gasteiger partial charge in [-0.25, -0.2) is 0 Å². The second-order valence-electron chi connectivity index (χ2n) is 6.14. The fraction of sp³-hybridized carbons (Fsp3) is 0.263. The first kappa shape index (κ1) is 16.1. The molecule has 5 heteroatoms. The van der Waals surface area contributed by atoms with Crippen LogP contribution in [0, 0.1) is 6.92 Å². The number of aryl methyl sites for hydroxylation is 1. The number of nitrogens with two attached hydrogens (primary N) is 1. The molecule has 124 valence electrons. The number of nitrogens with zero attached hydrogens (tertiary/aromatic N) is 1. The van der Waals surface area contributed by atoms with E-state index in [9.17, 15) is 9.59 Å². The summed E-state index contributed by atoms with van der Waals surface area (Å²) in [6, 6.07) is 12.9. The van der Waals surface area contributed by atoms with Crippen molar-refractivity contribution in [1.82, 2.24) is 4.90 Å². The topological polar surface area (TPSA) is 75.4 Å². The quantitative estimate of drug-likeness (QED) is 0.849. The summed E-state index contributed by atoms with van der Waals surface area (Å²) in [5.41, 5.74) is 9.55. The molecule has 1 saturated heterocycles. The zero-order valence-corrected chi connectivity index (χ0v) is 13.7. The lowest BCUT2D eigenvalue weighted by Crippen LogP contribution is -2.23. The molecule has 0 aliphatic carbocycles. The molecule has 24 heavy (non-hydrogen) atoms. The van der Waals surface area contributed by atoms with E-state index in [2.05, 4.69) is 5.32 Å². The molecule has 0 saturated carbocycles. The highest BCUT2D eigenvalue weighted by molar-refractivity contribution is 6.05. The standard InChI is InChI=1S/C19H21N3O2/c1-13-4-7-15(20)11-17(13)19(24)21-16-8-5-14(6-9-16)12-22-10-2-3-18(22)23/h4-9,11H,2-3,10,12,20H2,1H3,(H,21,24). The maximum Gasteiger partial charge on any atom is 0.256 e. The number of carbonyl (C=O) groups is 2. The molecular weight excluding hydrogens is 302 g/mol. The molecule has 5 nitrogen and oxygen atoms in total. The van der Waals surface area contributed by atoms with Crippen LogP contribution in [-0.4, -0.2) is 23.3 Å². The Hall–Kier alpha value is -2.82. The van der Waals surface area contributed by atoms with Gasteiger partial charge in [0.05, 0.1) is 0 Å². The van der Waals surface area contributed by atoms with Crippen LogP contribution in [0.3, 0.4) is 0 Å². The average Bonchev–Trinajstić information content (AvgIpc) is 2.96. The van der Waals surface area contributed by atoms with Crippen LogP contribution in [0.2, 0.25) is 0 Å². The molecule has 2 aromatic carbocycles. The summed E-state index contributed by atoms with van der Waals surface area (Å²) in [4.78, 5) is 25.9. The minimum absolute atomic E-state index is 0.178. The van der Waals surface area contributed by atoms with E-state index in [1.165, 1.54) is 0 Å². The normalized spacial score (nSPS) is 14.0. The lowest BCUT2D eigenvalue weighted by atomic mass is 10.1. The van der Waals surface area contributed by atoms with Crippen LogP contribution < -0.4 is 11.1 Å². The SMILES string of the molecule is Cc1ccc(N)cc1C(=O)Nc1ccc(CN2CCCC2=O)cc1. The summed E-state index contributed by atoms with van der Waals surface area (Å²) in [5, 5.41) is 2.88. The third-order valence-corrected chi connectivity index (χ3v) is 4.26. The number of carbonyl (C=O) groups excluding carboxylic acids is 2. The molecule has 1 aliphatic heterocycles. The zero-order chi connectivity index (χ0) is 17.1. The van der Waals surface area contributed by atoms with Gasteiger partial charge in [0.25, 0.3) is 5.91 Å². The molecule has 1 heterocycles. The zero-order valence-electron chi connectivity index (χ0n) is 13.7. The van der Waals surface area contributed by atoms with Crippen molar-refractivity contribution in [2.24, 2.45) is 0 Å². The lowest BCUT2D eigenvalue weighted by molar-refractivity contribution is -0.128. The van der Waals surface area contributed by atoms with Crippen molar-refractivity contribution in [1.29, 1.82) is 0 Å². The largest absolute Gasteiger partial charge is 0.399 e. The van der Waals surface area contributed by atoms with Crippen molar-refractivity contribution in [2.45, 2.75) is 26.3 Å². The van der Waals surface area contributed by atoms with Gasteiger partial charge in [-0.3, -0.25) is 9.59 Å².